The molecule has 0 bridgehead atoms. The summed E-state index contributed by atoms with van der Waals surface area (Å²) in [4.78, 5) is 21.3. The van der Waals surface area contributed by atoms with Crippen LogP contribution in [0.3, 0.4) is 0 Å². The lowest BCUT2D eigenvalue weighted by Gasteiger charge is -2.36. The maximum Gasteiger partial charge on any atom is 0.225 e. The summed E-state index contributed by atoms with van der Waals surface area (Å²) in [6, 6.07) is 8.21. The van der Waals surface area contributed by atoms with Crippen LogP contribution in [0.4, 0.5) is 0 Å². The minimum Gasteiger partial charge on any atom is -0.491 e. The van der Waals surface area contributed by atoms with Crippen LogP contribution in [0.1, 0.15) is 38.2 Å². The second-order valence-corrected chi connectivity index (χ2v) is 8.21. The summed E-state index contributed by atoms with van der Waals surface area (Å²) in [6.07, 6.45) is 1.74. The van der Waals surface area contributed by atoms with Crippen LogP contribution in [-0.2, 0) is 9.53 Å². The van der Waals surface area contributed by atoms with Crippen molar-refractivity contribution in [3.05, 3.63) is 29.8 Å². The number of amides is 1. The summed E-state index contributed by atoms with van der Waals surface area (Å²) in [5.74, 6) is 2.68. The average Bonchev–Trinajstić information content (AvgIpc) is 2.79. The number of nitrogens with zero attached hydrogens (tertiary/aromatic N) is 3. The van der Waals surface area contributed by atoms with E-state index in [9.17, 15) is 4.79 Å². The molecule has 8 heteroatoms. The lowest BCUT2D eigenvalue weighted by atomic mass is 9.95. The molecule has 2 heterocycles. The minimum atomic E-state index is 0. The SMILES string of the molecule is CN=C(NCCOc1ccccc1C(C)C)N1CCC(C(=O)N2CCOCC2)CC1.I. The summed E-state index contributed by atoms with van der Waals surface area (Å²) < 4.78 is 11.4. The van der Waals surface area contributed by atoms with Crippen LogP contribution in [0.5, 0.6) is 5.75 Å². The molecular weight excluding hydrogens is 507 g/mol. The van der Waals surface area contributed by atoms with Gasteiger partial charge in [0.1, 0.15) is 12.4 Å². The summed E-state index contributed by atoms with van der Waals surface area (Å²) in [5, 5.41) is 3.40. The molecule has 0 aliphatic carbocycles. The van der Waals surface area contributed by atoms with Gasteiger partial charge in [-0.2, -0.15) is 0 Å². The molecule has 2 saturated heterocycles. The fourth-order valence-corrected chi connectivity index (χ4v) is 4.13. The van der Waals surface area contributed by atoms with Gasteiger partial charge in [0.2, 0.25) is 5.91 Å². The Morgan fingerprint density at radius 2 is 1.84 bits per heavy atom. The molecule has 0 atom stereocenters. The van der Waals surface area contributed by atoms with Gasteiger partial charge < -0.3 is 24.6 Å². The summed E-state index contributed by atoms with van der Waals surface area (Å²) in [7, 11) is 1.81. The Kier molecular flexibility index (Phi) is 10.9. The van der Waals surface area contributed by atoms with Gasteiger partial charge in [-0.15, -0.1) is 24.0 Å². The highest BCUT2D eigenvalue weighted by Crippen LogP contribution is 2.25. The molecule has 1 aromatic carbocycles. The zero-order chi connectivity index (χ0) is 21.3. The minimum absolute atomic E-state index is 0. The monoisotopic (exact) mass is 544 g/mol. The van der Waals surface area contributed by atoms with Crippen LogP contribution in [0.25, 0.3) is 0 Å². The molecule has 1 aromatic rings. The van der Waals surface area contributed by atoms with Gasteiger partial charge in [0.15, 0.2) is 5.96 Å². The quantitative estimate of drug-likeness (QED) is 0.258. The first-order valence-corrected chi connectivity index (χ1v) is 11.1. The highest BCUT2D eigenvalue weighted by Gasteiger charge is 2.30. The first kappa shape index (κ1) is 25.7. The number of para-hydroxylation sites is 1. The van der Waals surface area contributed by atoms with E-state index in [-0.39, 0.29) is 35.8 Å². The standard InChI is InChI=1S/C23H36N4O3.HI/c1-18(2)20-6-4-5-7-21(20)30-15-10-25-23(24-3)27-11-8-19(9-12-27)22(28)26-13-16-29-17-14-26;/h4-7,18-19H,8-17H2,1-3H3,(H,24,25);1H. The molecule has 1 N–H and O–H groups in total. The van der Waals surface area contributed by atoms with E-state index in [1.54, 1.807) is 0 Å². The molecule has 3 rings (SSSR count). The van der Waals surface area contributed by atoms with Gasteiger partial charge in [0.05, 0.1) is 19.8 Å². The van der Waals surface area contributed by atoms with E-state index < -0.39 is 0 Å². The number of guanidine groups is 1. The number of carbonyl (C=O) groups excluding carboxylic acids is 1. The zero-order valence-electron chi connectivity index (χ0n) is 19.0. The van der Waals surface area contributed by atoms with Crippen LogP contribution in [0.2, 0.25) is 0 Å². The van der Waals surface area contributed by atoms with Crippen molar-refractivity contribution >= 4 is 35.8 Å². The molecule has 2 fully saturated rings. The van der Waals surface area contributed by atoms with E-state index in [1.807, 2.05) is 24.1 Å². The van der Waals surface area contributed by atoms with E-state index in [4.69, 9.17) is 9.47 Å². The van der Waals surface area contributed by atoms with Crippen LogP contribution >= 0.6 is 24.0 Å². The molecule has 2 aliphatic rings. The van der Waals surface area contributed by atoms with E-state index >= 15 is 0 Å². The lowest BCUT2D eigenvalue weighted by molar-refractivity contribution is -0.140. The predicted octanol–water partition coefficient (Wildman–Crippen LogP) is 2.95. The lowest BCUT2D eigenvalue weighted by Crippen LogP contribution is -2.50. The van der Waals surface area contributed by atoms with Crippen molar-refractivity contribution in [1.82, 2.24) is 15.1 Å². The van der Waals surface area contributed by atoms with Crippen LogP contribution < -0.4 is 10.1 Å². The molecule has 0 radical (unpaired) electrons. The highest BCUT2D eigenvalue weighted by molar-refractivity contribution is 14.0. The molecular formula is C23H37IN4O3. The van der Waals surface area contributed by atoms with Gasteiger partial charge in [-0.3, -0.25) is 9.79 Å². The predicted molar refractivity (Wildman–Crippen MR) is 134 cm³/mol. The number of carbonyl (C=O) groups is 1. The molecule has 174 valence electrons. The number of benzene rings is 1. The summed E-state index contributed by atoms with van der Waals surface area (Å²) in [6.45, 7) is 10.1. The second-order valence-electron chi connectivity index (χ2n) is 8.21. The van der Waals surface area contributed by atoms with Crippen molar-refractivity contribution in [2.75, 3.05) is 59.6 Å². The Bertz CT molecular complexity index is 715. The number of nitrogens with one attached hydrogen (secondary N) is 1. The van der Waals surface area contributed by atoms with Gasteiger partial charge in [0, 0.05) is 39.1 Å². The van der Waals surface area contributed by atoms with Gasteiger partial charge >= 0.3 is 0 Å². The second kappa shape index (κ2) is 13.1. The van der Waals surface area contributed by atoms with Gasteiger partial charge in [-0.25, -0.2) is 0 Å². The smallest absolute Gasteiger partial charge is 0.225 e. The summed E-state index contributed by atoms with van der Waals surface area (Å²) in [5.41, 5.74) is 1.23. The number of likely N-dealkylation sites (tertiary alicyclic amines) is 1. The topological polar surface area (TPSA) is 66.4 Å². The fourth-order valence-electron chi connectivity index (χ4n) is 4.13. The van der Waals surface area contributed by atoms with Gasteiger partial charge in [0.25, 0.3) is 0 Å². The number of piperidine rings is 1. The van der Waals surface area contributed by atoms with Crippen molar-refractivity contribution in [2.45, 2.75) is 32.6 Å². The largest absolute Gasteiger partial charge is 0.491 e. The first-order chi connectivity index (χ1) is 14.6. The molecule has 0 spiro atoms. The van der Waals surface area contributed by atoms with Crippen molar-refractivity contribution in [1.29, 1.82) is 0 Å². The maximum absolute atomic E-state index is 12.7. The third-order valence-corrected chi connectivity index (χ3v) is 5.86. The van der Waals surface area contributed by atoms with E-state index in [2.05, 4.69) is 41.2 Å². The molecule has 0 aromatic heterocycles. The van der Waals surface area contributed by atoms with Gasteiger partial charge in [-0.1, -0.05) is 32.0 Å². The third kappa shape index (κ3) is 7.24. The van der Waals surface area contributed by atoms with Crippen molar-refractivity contribution in [3.8, 4) is 5.75 Å². The maximum atomic E-state index is 12.7. The Morgan fingerprint density at radius 1 is 1.16 bits per heavy atom. The Labute approximate surface area is 203 Å². The number of hydrogen-bond donors (Lipinski definition) is 1. The molecule has 0 unspecified atom stereocenters. The van der Waals surface area contributed by atoms with Crippen molar-refractivity contribution < 1.29 is 14.3 Å². The highest BCUT2D eigenvalue weighted by atomic mass is 127. The average molecular weight is 544 g/mol. The normalized spacial score (nSPS) is 18.0. The van der Waals surface area contributed by atoms with Crippen LogP contribution in [-0.4, -0.2) is 81.3 Å². The molecule has 0 saturated carbocycles. The van der Waals surface area contributed by atoms with E-state index in [1.165, 1.54) is 5.56 Å². The van der Waals surface area contributed by atoms with Crippen LogP contribution in [0.15, 0.2) is 29.3 Å². The Morgan fingerprint density at radius 3 is 2.48 bits per heavy atom. The summed E-state index contributed by atoms with van der Waals surface area (Å²) >= 11 is 0. The molecule has 2 aliphatic heterocycles. The molecule has 1 amide bonds. The first-order valence-electron chi connectivity index (χ1n) is 11.1. The number of rotatable bonds is 6. The van der Waals surface area contributed by atoms with Crippen LogP contribution in [0, 0.1) is 5.92 Å². The van der Waals surface area contributed by atoms with Crippen molar-refractivity contribution in [2.24, 2.45) is 10.9 Å². The number of halogens is 1. The Balaban J connectivity index is 0.00000341. The van der Waals surface area contributed by atoms with E-state index in [0.29, 0.717) is 32.3 Å². The Hall–Kier alpha value is -1.55. The third-order valence-electron chi connectivity index (χ3n) is 5.86. The molecule has 31 heavy (non-hydrogen) atoms. The van der Waals surface area contributed by atoms with Crippen molar-refractivity contribution in [3.63, 3.8) is 0 Å². The fraction of sp³-hybridized carbons (Fsp3) is 0.652. The van der Waals surface area contributed by atoms with Gasteiger partial charge in [-0.05, 0) is 30.4 Å². The zero-order valence-corrected chi connectivity index (χ0v) is 21.3. The number of morpholine rings is 1. The van der Waals surface area contributed by atoms with E-state index in [0.717, 1.165) is 50.7 Å². The number of hydrogen-bond acceptors (Lipinski definition) is 4. The number of aliphatic imine (C=N–C) groups is 1. The number of ether oxygens (including phenoxy) is 2. The molecule has 7 nitrogen and oxygen atoms in total.